The highest BCUT2D eigenvalue weighted by atomic mass is 32.1. The monoisotopic (exact) mass is 276 g/mol. The molecule has 2 aromatic rings. The van der Waals surface area contributed by atoms with Crippen LogP contribution in [0.1, 0.15) is 5.56 Å². The number of thiocarbonyl (C=S) groups is 1. The number of nitrogens with one attached hydrogen (secondary N) is 1. The van der Waals surface area contributed by atoms with Gasteiger partial charge >= 0.3 is 0 Å². The van der Waals surface area contributed by atoms with Crippen LogP contribution in [-0.4, -0.2) is 9.91 Å². The largest absolute Gasteiger partial charge is 0.346 e. The van der Waals surface area contributed by atoms with Gasteiger partial charge in [-0.3, -0.25) is 10.1 Å². The van der Waals surface area contributed by atoms with E-state index in [0.29, 0.717) is 16.2 Å². The minimum Gasteiger partial charge on any atom is -0.346 e. The zero-order chi connectivity index (χ0) is 13.8. The summed E-state index contributed by atoms with van der Waals surface area (Å²) < 4.78 is 13.0. The van der Waals surface area contributed by atoms with Crippen molar-refractivity contribution in [3.8, 4) is 0 Å². The molecule has 0 fully saturated rings. The van der Waals surface area contributed by atoms with Gasteiger partial charge in [-0.25, -0.2) is 4.39 Å². The highest BCUT2D eigenvalue weighted by Crippen LogP contribution is 2.16. The van der Waals surface area contributed by atoms with Crippen LogP contribution in [0.3, 0.4) is 0 Å². The Morgan fingerprint density at radius 1 is 1.21 bits per heavy atom. The first-order chi connectivity index (χ1) is 9.06. The van der Waals surface area contributed by atoms with Crippen LogP contribution in [0.5, 0.6) is 0 Å². The molecule has 19 heavy (non-hydrogen) atoms. The molecule has 0 saturated heterocycles. The first-order valence-electron chi connectivity index (χ1n) is 5.37. The van der Waals surface area contributed by atoms with Crippen molar-refractivity contribution in [3.63, 3.8) is 0 Å². The first-order valence-corrected chi connectivity index (χ1v) is 5.78. The summed E-state index contributed by atoms with van der Waals surface area (Å²) in [6, 6.07) is 11.8. The number of nitro groups is 1. The predicted molar refractivity (Wildman–Crippen MR) is 74.8 cm³/mol. The Hall–Kier alpha value is -2.34. The topological polar surface area (TPSA) is 55.2 Å². The third-order valence-electron chi connectivity index (χ3n) is 2.40. The lowest BCUT2D eigenvalue weighted by Crippen LogP contribution is -2.10. The third kappa shape index (κ3) is 3.32. The van der Waals surface area contributed by atoms with Gasteiger partial charge < -0.3 is 5.32 Å². The first kappa shape index (κ1) is 13.1. The highest BCUT2D eigenvalue weighted by molar-refractivity contribution is 7.81. The number of nitro benzene ring substituents is 1. The summed E-state index contributed by atoms with van der Waals surface area (Å²) in [6.07, 6.45) is 0. The molecule has 2 aromatic carbocycles. The molecule has 1 N–H and O–H groups in total. The molecule has 0 aliphatic rings. The van der Waals surface area contributed by atoms with Crippen LogP contribution in [0.25, 0.3) is 0 Å². The summed E-state index contributed by atoms with van der Waals surface area (Å²) in [6.45, 7) is 0. The van der Waals surface area contributed by atoms with Gasteiger partial charge in [0.2, 0.25) is 0 Å². The average molecular weight is 276 g/mol. The summed E-state index contributed by atoms with van der Waals surface area (Å²) in [5, 5.41) is 13.5. The minimum atomic E-state index is -0.492. The van der Waals surface area contributed by atoms with Gasteiger partial charge in [0.15, 0.2) is 0 Å². The van der Waals surface area contributed by atoms with E-state index < -0.39 is 4.92 Å². The van der Waals surface area contributed by atoms with Gasteiger partial charge in [-0.15, -0.1) is 0 Å². The van der Waals surface area contributed by atoms with Gasteiger partial charge in [0.05, 0.1) is 4.92 Å². The van der Waals surface area contributed by atoms with Crippen molar-refractivity contribution in [2.75, 3.05) is 5.32 Å². The standard InChI is InChI=1S/C13H9FN2O2S/c14-10-4-2-5-11(8-10)15-13(19)9-3-1-6-12(7-9)16(17)18/h1-8H,(H,15,19). The van der Waals surface area contributed by atoms with Gasteiger partial charge in [-0.05, 0) is 18.2 Å². The van der Waals surface area contributed by atoms with Gasteiger partial charge in [0, 0.05) is 23.4 Å². The molecule has 6 heteroatoms. The molecule has 0 saturated carbocycles. The molecule has 0 aliphatic carbocycles. The van der Waals surface area contributed by atoms with E-state index in [1.807, 2.05) is 0 Å². The summed E-state index contributed by atoms with van der Waals surface area (Å²) in [4.78, 5) is 10.5. The van der Waals surface area contributed by atoms with E-state index in [1.165, 1.54) is 24.3 Å². The Labute approximate surface area is 114 Å². The van der Waals surface area contributed by atoms with Crippen LogP contribution in [0.15, 0.2) is 48.5 Å². The van der Waals surface area contributed by atoms with Crippen molar-refractivity contribution in [1.29, 1.82) is 0 Å². The van der Waals surface area contributed by atoms with Gasteiger partial charge in [-0.2, -0.15) is 0 Å². The molecule has 0 bridgehead atoms. The third-order valence-corrected chi connectivity index (χ3v) is 2.74. The molecule has 0 aromatic heterocycles. The lowest BCUT2D eigenvalue weighted by atomic mass is 10.2. The molecule has 0 aliphatic heterocycles. The zero-order valence-corrected chi connectivity index (χ0v) is 10.5. The summed E-state index contributed by atoms with van der Waals surface area (Å²) in [5.74, 6) is -0.383. The number of non-ortho nitro benzene ring substituents is 1. The van der Waals surface area contributed by atoms with Crippen molar-refractivity contribution in [2.24, 2.45) is 0 Å². The smallest absolute Gasteiger partial charge is 0.270 e. The summed E-state index contributed by atoms with van der Waals surface area (Å²) in [7, 11) is 0. The maximum Gasteiger partial charge on any atom is 0.270 e. The average Bonchev–Trinajstić information content (AvgIpc) is 2.39. The fourth-order valence-electron chi connectivity index (χ4n) is 1.53. The van der Waals surface area contributed by atoms with Crippen molar-refractivity contribution in [3.05, 3.63) is 70.0 Å². The zero-order valence-electron chi connectivity index (χ0n) is 9.67. The van der Waals surface area contributed by atoms with E-state index in [9.17, 15) is 14.5 Å². The number of anilines is 1. The Kier molecular flexibility index (Phi) is 3.82. The fraction of sp³-hybridized carbons (Fsp3) is 0. The highest BCUT2D eigenvalue weighted by Gasteiger charge is 2.09. The second-order valence-electron chi connectivity index (χ2n) is 3.77. The van der Waals surface area contributed by atoms with Crippen molar-refractivity contribution in [2.45, 2.75) is 0 Å². The van der Waals surface area contributed by atoms with E-state index in [2.05, 4.69) is 5.32 Å². The molecule has 2 rings (SSSR count). The number of halogens is 1. The normalized spacial score (nSPS) is 9.95. The maximum absolute atomic E-state index is 13.0. The van der Waals surface area contributed by atoms with Crippen LogP contribution in [0.2, 0.25) is 0 Å². The predicted octanol–water partition coefficient (Wildman–Crippen LogP) is 3.52. The molecule has 96 valence electrons. The van der Waals surface area contributed by atoms with Gasteiger partial charge in [0.1, 0.15) is 10.8 Å². The molecule has 4 nitrogen and oxygen atoms in total. The Bertz CT molecular complexity index is 646. The molecule has 0 atom stereocenters. The van der Waals surface area contributed by atoms with E-state index in [0.717, 1.165) is 0 Å². The number of hydrogen-bond acceptors (Lipinski definition) is 3. The summed E-state index contributed by atoms with van der Waals surface area (Å²) >= 11 is 5.14. The number of rotatable bonds is 3. The number of benzene rings is 2. The molecular weight excluding hydrogens is 267 g/mol. The molecular formula is C13H9FN2O2S. The van der Waals surface area contributed by atoms with Gasteiger partial charge in [-0.1, -0.05) is 30.4 Å². The lowest BCUT2D eigenvalue weighted by Gasteiger charge is -2.07. The van der Waals surface area contributed by atoms with Gasteiger partial charge in [0.25, 0.3) is 5.69 Å². The van der Waals surface area contributed by atoms with E-state index in [4.69, 9.17) is 12.2 Å². The van der Waals surface area contributed by atoms with E-state index in [-0.39, 0.29) is 11.5 Å². The van der Waals surface area contributed by atoms with Crippen LogP contribution in [-0.2, 0) is 0 Å². The molecule has 0 unspecified atom stereocenters. The quantitative estimate of drug-likeness (QED) is 0.529. The van der Waals surface area contributed by atoms with Crippen LogP contribution in [0.4, 0.5) is 15.8 Å². The minimum absolute atomic E-state index is 0.0408. The number of nitrogens with zero attached hydrogens (tertiary/aromatic N) is 1. The molecule has 0 amide bonds. The second-order valence-corrected chi connectivity index (χ2v) is 4.18. The maximum atomic E-state index is 13.0. The second kappa shape index (κ2) is 5.53. The Morgan fingerprint density at radius 2 is 1.95 bits per heavy atom. The van der Waals surface area contributed by atoms with Crippen molar-refractivity contribution >= 4 is 28.6 Å². The van der Waals surface area contributed by atoms with Crippen molar-refractivity contribution < 1.29 is 9.31 Å². The molecule has 0 spiro atoms. The molecule has 0 radical (unpaired) electrons. The SMILES string of the molecule is O=[N+]([O-])c1cccc(C(=S)Nc2cccc(F)c2)c1. The van der Waals surface area contributed by atoms with Crippen LogP contribution < -0.4 is 5.32 Å². The van der Waals surface area contributed by atoms with Crippen LogP contribution in [0, 0.1) is 15.9 Å². The van der Waals surface area contributed by atoms with Crippen molar-refractivity contribution in [1.82, 2.24) is 0 Å². The Morgan fingerprint density at radius 3 is 2.63 bits per heavy atom. The number of hydrogen-bond donors (Lipinski definition) is 1. The fourth-order valence-corrected chi connectivity index (χ4v) is 1.78. The Balaban J connectivity index is 2.20. The van der Waals surface area contributed by atoms with E-state index in [1.54, 1.807) is 24.3 Å². The summed E-state index contributed by atoms with van der Waals surface area (Å²) in [5.41, 5.74) is 0.964. The molecule has 0 heterocycles. The van der Waals surface area contributed by atoms with E-state index >= 15 is 0 Å². The van der Waals surface area contributed by atoms with Crippen LogP contribution >= 0.6 is 12.2 Å². The lowest BCUT2D eigenvalue weighted by molar-refractivity contribution is -0.384.